The number of thioether (sulfide) groups is 1. The van der Waals surface area contributed by atoms with Crippen molar-refractivity contribution in [3.63, 3.8) is 0 Å². The van der Waals surface area contributed by atoms with E-state index in [4.69, 9.17) is 4.74 Å². The van der Waals surface area contributed by atoms with Crippen LogP contribution in [0.5, 0.6) is 0 Å². The van der Waals surface area contributed by atoms with Gasteiger partial charge in [0.15, 0.2) is 16.2 Å². The van der Waals surface area contributed by atoms with E-state index in [2.05, 4.69) is 25.6 Å². The highest BCUT2D eigenvalue weighted by Crippen LogP contribution is 2.61. The third-order valence-corrected chi connectivity index (χ3v) is 11.3. The molecule has 0 unspecified atom stereocenters. The number of anilines is 1. The Bertz CT molecular complexity index is 1440. The van der Waals surface area contributed by atoms with Crippen molar-refractivity contribution in [1.82, 2.24) is 15.2 Å². The molecule has 1 fully saturated rings. The fraction of sp³-hybridized carbons (Fsp3) is 0.421. The minimum atomic E-state index is -5.35. The summed E-state index contributed by atoms with van der Waals surface area (Å²) in [5.41, 5.74) is -0.801. The normalized spacial score (nSPS) is 19.2. The van der Waals surface area contributed by atoms with Gasteiger partial charge in [-0.15, -0.1) is 23.1 Å². The van der Waals surface area contributed by atoms with Crippen molar-refractivity contribution >= 4 is 78.8 Å². The van der Waals surface area contributed by atoms with Gasteiger partial charge in [-0.1, -0.05) is 5.16 Å². The second-order valence-corrected chi connectivity index (χ2v) is 14.4. The van der Waals surface area contributed by atoms with Gasteiger partial charge in [0.2, 0.25) is 5.91 Å². The number of nitrogens with zero attached hydrogens (tertiary/aromatic N) is 3. The first-order valence-corrected chi connectivity index (χ1v) is 16.6. The molecule has 1 aromatic heterocycles. The molecule has 2 aliphatic rings. The third-order valence-electron chi connectivity index (χ3n) is 5.52. The Morgan fingerprint density at radius 1 is 1.21 bits per heavy atom. The second kappa shape index (κ2) is 13.0. The molecule has 3 rings (SSSR count). The van der Waals surface area contributed by atoms with Crippen molar-refractivity contribution < 1.29 is 67.4 Å². The number of oxime groups is 1. The van der Waals surface area contributed by atoms with Crippen LogP contribution < -0.4 is 10.6 Å². The summed E-state index contributed by atoms with van der Waals surface area (Å²) in [4.78, 5) is 107. The molecule has 2 atom stereocenters. The number of carboxylic acid groups (broad SMARTS) is 1. The smallest absolute Gasteiger partial charge is 0.352 e. The second-order valence-electron chi connectivity index (χ2n) is 8.47. The first-order valence-electron chi connectivity index (χ1n) is 11.3. The maximum Gasteiger partial charge on any atom is 0.352 e. The Morgan fingerprint density at radius 3 is 2.40 bits per heavy atom. The number of rotatable bonds is 12. The van der Waals surface area contributed by atoms with E-state index in [0.717, 1.165) is 42.0 Å². The van der Waals surface area contributed by atoms with Gasteiger partial charge in [-0.2, -0.15) is 0 Å². The van der Waals surface area contributed by atoms with Crippen molar-refractivity contribution in [1.29, 1.82) is 0 Å². The number of ether oxygens (including phenoxy) is 1. The molecule has 23 heteroatoms. The quantitative estimate of drug-likeness (QED) is 0.0452. The predicted octanol–water partition coefficient (Wildman–Crippen LogP) is -1.19. The van der Waals surface area contributed by atoms with Crippen LogP contribution in [0, 0.1) is 0 Å². The lowest BCUT2D eigenvalue weighted by Crippen LogP contribution is -2.71. The van der Waals surface area contributed by atoms with Gasteiger partial charge in [-0.05, 0) is 0 Å². The molecule has 42 heavy (non-hydrogen) atoms. The van der Waals surface area contributed by atoms with Crippen LogP contribution in [0.1, 0.15) is 19.0 Å². The van der Waals surface area contributed by atoms with Crippen LogP contribution in [0.3, 0.4) is 0 Å². The SMILES string of the molecule is CON=C(C(=O)N[C@@H]1C(=O)N2C(C(=O)O)=C(COC(C)=O)CS[C@@H]12)c1csc(NC(=O)CC(P(=O)(O)O)P(=O)(O)O)n1. The molecule has 0 bridgehead atoms. The molecule has 19 nitrogen and oxygen atoms in total. The Balaban J connectivity index is 1.72. The number of hydrogen-bond acceptors (Lipinski definition) is 13. The molecule has 0 spiro atoms. The number of nitrogens with one attached hydrogen (secondary N) is 2. The molecule has 0 saturated carbocycles. The standard InChI is InChI=1S/C19H23N5O14P2S2/c1-7(25)38-4-8-5-41-17-13(16(28)24(17)14(8)18(29)30)22-15(27)12(23-37-2)9-6-42-19(20-9)21-10(26)3-11(39(31,32)33)40(34,35)36/h6,11,13,17H,3-5H2,1-2H3,(H,22,27)(H,29,30)(H,20,21,26)(H2,31,32,33)(H2,34,35,36)/t13-,17+/m1/s1. The van der Waals surface area contributed by atoms with Crippen molar-refractivity contribution in [2.45, 2.75) is 30.2 Å². The lowest BCUT2D eigenvalue weighted by atomic mass is 10.0. The number of β-lactam (4-membered cyclic amide) rings is 1. The fourth-order valence-electron chi connectivity index (χ4n) is 3.70. The van der Waals surface area contributed by atoms with Gasteiger partial charge >= 0.3 is 27.1 Å². The minimum Gasteiger partial charge on any atom is -0.477 e. The third kappa shape index (κ3) is 7.61. The van der Waals surface area contributed by atoms with E-state index in [1.54, 1.807) is 0 Å². The monoisotopic (exact) mass is 671 g/mol. The number of esters is 1. The molecule has 1 saturated heterocycles. The number of carbonyl (C=O) groups excluding carboxylic acids is 4. The van der Waals surface area contributed by atoms with Crippen molar-refractivity contribution in [3.8, 4) is 0 Å². The predicted molar refractivity (Wildman–Crippen MR) is 143 cm³/mol. The van der Waals surface area contributed by atoms with Gasteiger partial charge in [0.05, 0.1) is 6.42 Å². The van der Waals surface area contributed by atoms with Gasteiger partial charge in [-0.3, -0.25) is 33.2 Å². The number of carbonyl (C=O) groups is 5. The number of amides is 3. The van der Waals surface area contributed by atoms with Crippen LogP contribution in [0.2, 0.25) is 0 Å². The summed E-state index contributed by atoms with van der Waals surface area (Å²) in [6.07, 6.45) is -1.24. The molecule has 0 aromatic carbocycles. The summed E-state index contributed by atoms with van der Waals surface area (Å²) in [6.45, 7) is 0.816. The van der Waals surface area contributed by atoms with Gasteiger partial charge < -0.3 is 44.9 Å². The maximum absolute atomic E-state index is 13.0. The minimum absolute atomic E-state index is 0.0920. The Labute approximate surface area is 243 Å². The van der Waals surface area contributed by atoms with Crippen LogP contribution in [0.4, 0.5) is 5.13 Å². The Kier molecular flexibility index (Phi) is 10.3. The van der Waals surface area contributed by atoms with E-state index in [1.165, 1.54) is 5.38 Å². The highest BCUT2D eigenvalue weighted by molar-refractivity contribution is 8.00. The lowest BCUT2D eigenvalue weighted by Gasteiger charge is -2.49. The summed E-state index contributed by atoms with van der Waals surface area (Å²) in [5, 5.41) is 15.4. The van der Waals surface area contributed by atoms with Crippen molar-refractivity contribution in [3.05, 3.63) is 22.3 Å². The highest BCUT2D eigenvalue weighted by Gasteiger charge is 2.54. The fourth-order valence-corrected chi connectivity index (χ4v) is 8.11. The topological polar surface area (TPSA) is 292 Å². The van der Waals surface area contributed by atoms with Crippen molar-refractivity contribution in [2.75, 3.05) is 24.8 Å². The molecule has 3 heterocycles. The molecule has 3 amide bonds. The first-order chi connectivity index (χ1) is 19.4. The molecule has 230 valence electrons. The average molecular weight is 671 g/mol. The van der Waals surface area contributed by atoms with E-state index >= 15 is 0 Å². The summed E-state index contributed by atoms with van der Waals surface area (Å²) in [5.74, 6) is -4.88. The first kappa shape index (κ1) is 33.3. The van der Waals surface area contributed by atoms with Crippen LogP contribution in [0.15, 0.2) is 21.8 Å². The van der Waals surface area contributed by atoms with Crippen LogP contribution in [0.25, 0.3) is 0 Å². The Hall–Kier alpha value is -3.16. The molecule has 0 radical (unpaired) electrons. The van der Waals surface area contributed by atoms with E-state index in [-0.39, 0.29) is 34.5 Å². The summed E-state index contributed by atoms with van der Waals surface area (Å²) < 4.78 is 27.7. The zero-order valence-electron chi connectivity index (χ0n) is 21.4. The zero-order valence-corrected chi connectivity index (χ0v) is 24.8. The van der Waals surface area contributed by atoms with Gasteiger partial charge in [0, 0.05) is 23.6 Å². The van der Waals surface area contributed by atoms with Crippen LogP contribution >= 0.6 is 38.3 Å². The lowest BCUT2D eigenvalue weighted by molar-refractivity contribution is -0.150. The molecular weight excluding hydrogens is 648 g/mol. The maximum atomic E-state index is 13.0. The summed E-state index contributed by atoms with van der Waals surface area (Å²) >= 11 is 1.85. The van der Waals surface area contributed by atoms with Crippen LogP contribution in [-0.4, -0.2) is 106 Å². The van der Waals surface area contributed by atoms with E-state index in [1.807, 2.05) is 0 Å². The Morgan fingerprint density at radius 2 is 1.86 bits per heavy atom. The number of fused-ring (bicyclic) bond motifs is 1. The van der Waals surface area contributed by atoms with E-state index < -0.39 is 73.8 Å². The van der Waals surface area contributed by atoms with Gasteiger partial charge in [0.1, 0.15) is 36.5 Å². The summed E-state index contributed by atoms with van der Waals surface area (Å²) in [7, 11) is -9.60. The molecular formula is C19H23N5O14P2S2. The van der Waals surface area contributed by atoms with E-state index in [0.29, 0.717) is 0 Å². The molecule has 0 aliphatic carbocycles. The molecule has 7 N–H and O–H groups in total. The van der Waals surface area contributed by atoms with Gasteiger partial charge in [0.25, 0.3) is 11.8 Å². The number of aliphatic carboxylic acids is 1. The molecule has 2 aliphatic heterocycles. The number of hydrogen-bond donors (Lipinski definition) is 7. The van der Waals surface area contributed by atoms with Crippen molar-refractivity contribution in [2.24, 2.45) is 5.16 Å². The number of carboxylic acids is 1. The summed E-state index contributed by atoms with van der Waals surface area (Å²) in [6, 6.07) is -1.18. The number of aromatic nitrogens is 1. The average Bonchev–Trinajstić information content (AvgIpc) is 3.33. The van der Waals surface area contributed by atoms with Crippen LogP contribution in [-0.2, 0) is 42.7 Å². The van der Waals surface area contributed by atoms with Gasteiger partial charge in [-0.25, -0.2) is 9.78 Å². The van der Waals surface area contributed by atoms with E-state index in [9.17, 15) is 57.8 Å². The largest absolute Gasteiger partial charge is 0.477 e. The number of thiazole rings is 1. The highest BCUT2D eigenvalue weighted by atomic mass is 32.2. The zero-order chi connectivity index (χ0) is 31.6. The molecule has 1 aromatic rings.